The lowest BCUT2D eigenvalue weighted by atomic mass is 10.1. The van der Waals surface area contributed by atoms with Crippen LogP contribution in [0.5, 0.6) is 11.5 Å². The number of nitrogens with one attached hydrogen (secondary N) is 1. The fourth-order valence-corrected chi connectivity index (χ4v) is 2.38. The van der Waals surface area contributed by atoms with Gasteiger partial charge in [-0.25, -0.2) is 4.39 Å². The van der Waals surface area contributed by atoms with Gasteiger partial charge in [0.1, 0.15) is 5.82 Å². The van der Waals surface area contributed by atoms with Crippen molar-refractivity contribution in [2.45, 2.75) is 25.9 Å². The first-order valence-corrected chi connectivity index (χ1v) is 6.90. The van der Waals surface area contributed by atoms with Crippen molar-refractivity contribution in [3.8, 4) is 11.5 Å². The first-order chi connectivity index (χ1) is 10.1. The van der Waals surface area contributed by atoms with Crippen LogP contribution >= 0.6 is 0 Å². The van der Waals surface area contributed by atoms with Gasteiger partial charge in [-0.2, -0.15) is 0 Å². The maximum Gasteiger partial charge on any atom is 0.231 e. The zero-order chi connectivity index (χ0) is 14.8. The lowest BCUT2D eigenvalue weighted by Crippen LogP contribution is -2.23. The molecule has 2 unspecified atom stereocenters. The summed E-state index contributed by atoms with van der Waals surface area (Å²) in [6.07, 6.45) is 1.23. The molecule has 0 bridgehead atoms. The van der Waals surface area contributed by atoms with Crippen LogP contribution in [0, 0.1) is 5.82 Å². The van der Waals surface area contributed by atoms with Crippen LogP contribution in [0.3, 0.4) is 0 Å². The van der Waals surface area contributed by atoms with Crippen LogP contribution in [0.2, 0.25) is 0 Å². The summed E-state index contributed by atoms with van der Waals surface area (Å²) in [4.78, 5) is 4.10. The molecule has 0 aliphatic carbocycles. The monoisotopic (exact) mass is 288 g/mol. The van der Waals surface area contributed by atoms with Crippen molar-refractivity contribution >= 4 is 0 Å². The molecule has 110 valence electrons. The van der Waals surface area contributed by atoms with Crippen molar-refractivity contribution in [3.63, 3.8) is 0 Å². The van der Waals surface area contributed by atoms with E-state index in [4.69, 9.17) is 9.47 Å². The Morgan fingerprint density at radius 1 is 1.10 bits per heavy atom. The van der Waals surface area contributed by atoms with E-state index in [0.29, 0.717) is 0 Å². The lowest BCUT2D eigenvalue weighted by molar-refractivity contribution is 0.174. The Kier molecular flexibility index (Phi) is 3.75. The molecule has 4 nitrogen and oxygen atoms in total. The van der Waals surface area contributed by atoms with Crippen LogP contribution < -0.4 is 14.8 Å². The molecule has 0 fully saturated rings. The van der Waals surface area contributed by atoms with Gasteiger partial charge in [0.2, 0.25) is 6.79 Å². The molecule has 1 aliphatic heterocycles. The molecule has 0 amide bonds. The predicted octanol–water partition coefficient (Wildman–Crippen LogP) is 3.36. The number of halogens is 1. The van der Waals surface area contributed by atoms with Crippen LogP contribution in [-0.4, -0.2) is 11.8 Å². The maximum atomic E-state index is 12.9. The topological polar surface area (TPSA) is 43.4 Å². The Morgan fingerprint density at radius 3 is 2.67 bits per heavy atom. The SMILES string of the molecule is CC(NC(C)c1ccc(F)cn1)c1ccc2c(c1)OCO2. The van der Waals surface area contributed by atoms with Gasteiger partial charge in [0, 0.05) is 12.1 Å². The molecule has 21 heavy (non-hydrogen) atoms. The molecule has 0 spiro atoms. The third-order valence-electron chi connectivity index (χ3n) is 3.59. The summed E-state index contributed by atoms with van der Waals surface area (Å²) in [7, 11) is 0. The molecular weight excluding hydrogens is 271 g/mol. The van der Waals surface area contributed by atoms with Crippen LogP contribution in [0.1, 0.15) is 37.2 Å². The molecule has 2 aromatic rings. The molecular formula is C16H17FN2O2. The van der Waals surface area contributed by atoms with Gasteiger partial charge in [-0.3, -0.25) is 4.98 Å². The molecule has 1 aliphatic rings. The van der Waals surface area contributed by atoms with Gasteiger partial charge in [-0.05, 0) is 43.7 Å². The summed E-state index contributed by atoms with van der Waals surface area (Å²) < 4.78 is 23.6. The fraction of sp³-hybridized carbons (Fsp3) is 0.312. The largest absolute Gasteiger partial charge is 0.454 e. The number of ether oxygens (including phenoxy) is 2. The molecule has 0 saturated carbocycles. The summed E-state index contributed by atoms with van der Waals surface area (Å²) in [6.45, 7) is 4.35. The third-order valence-corrected chi connectivity index (χ3v) is 3.59. The fourth-order valence-electron chi connectivity index (χ4n) is 2.38. The Labute approximate surface area is 122 Å². The third kappa shape index (κ3) is 2.97. The van der Waals surface area contributed by atoms with E-state index in [2.05, 4.69) is 17.2 Å². The normalized spacial score (nSPS) is 15.8. The van der Waals surface area contributed by atoms with E-state index in [0.717, 1.165) is 22.8 Å². The van der Waals surface area contributed by atoms with Crippen molar-refractivity contribution in [2.24, 2.45) is 0 Å². The Balaban J connectivity index is 1.70. The smallest absolute Gasteiger partial charge is 0.231 e. The van der Waals surface area contributed by atoms with Gasteiger partial charge in [0.15, 0.2) is 11.5 Å². The van der Waals surface area contributed by atoms with Gasteiger partial charge < -0.3 is 14.8 Å². The van der Waals surface area contributed by atoms with E-state index in [-0.39, 0.29) is 24.7 Å². The van der Waals surface area contributed by atoms with Crippen molar-refractivity contribution in [3.05, 3.63) is 53.6 Å². The highest BCUT2D eigenvalue weighted by Crippen LogP contribution is 2.34. The summed E-state index contributed by atoms with van der Waals surface area (Å²) in [5.41, 5.74) is 1.91. The van der Waals surface area contributed by atoms with Gasteiger partial charge in [0.25, 0.3) is 0 Å². The standard InChI is InChI=1S/C16H17FN2O2/c1-10(12-3-6-15-16(7-12)21-9-20-15)19-11(2)14-5-4-13(17)8-18-14/h3-8,10-11,19H,9H2,1-2H3. The van der Waals surface area contributed by atoms with Crippen molar-refractivity contribution < 1.29 is 13.9 Å². The minimum atomic E-state index is -0.324. The summed E-state index contributed by atoms with van der Waals surface area (Å²) in [6, 6.07) is 9.15. The minimum Gasteiger partial charge on any atom is -0.454 e. The van der Waals surface area contributed by atoms with E-state index in [1.165, 1.54) is 12.3 Å². The second kappa shape index (κ2) is 5.69. The van der Waals surface area contributed by atoms with Crippen molar-refractivity contribution in [1.82, 2.24) is 10.3 Å². The number of benzene rings is 1. The average molecular weight is 288 g/mol. The number of nitrogens with zero attached hydrogens (tertiary/aromatic N) is 1. The first kappa shape index (κ1) is 13.8. The molecule has 2 heterocycles. The molecule has 2 atom stereocenters. The highest BCUT2D eigenvalue weighted by atomic mass is 19.1. The lowest BCUT2D eigenvalue weighted by Gasteiger charge is -2.20. The van der Waals surface area contributed by atoms with Gasteiger partial charge in [-0.15, -0.1) is 0 Å². The second-order valence-electron chi connectivity index (χ2n) is 5.12. The van der Waals surface area contributed by atoms with Gasteiger partial charge >= 0.3 is 0 Å². The van der Waals surface area contributed by atoms with E-state index >= 15 is 0 Å². The minimum absolute atomic E-state index is 0.0195. The molecule has 0 radical (unpaired) electrons. The number of pyridine rings is 1. The molecule has 3 rings (SSSR count). The summed E-state index contributed by atoms with van der Waals surface area (Å²) >= 11 is 0. The zero-order valence-corrected chi connectivity index (χ0v) is 12.0. The van der Waals surface area contributed by atoms with E-state index in [9.17, 15) is 4.39 Å². The first-order valence-electron chi connectivity index (χ1n) is 6.90. The second-order valence-corrected chi connectivity index (χ2v) is 5.12. The highest BCUT2D eigenvalue weighted by molar-refractivity contribution is 5.45. The average Bonchev–Trinajstić information content (AvgIpc) is 2.95. The zero-order valence-electron chi connectivity index (χ0n) is 12.0. The molecule has 0 saturated heterocycles. The van der Waals surface area contributed by atoms with Crippen LogP contribution in [0.15, 0.2) is 36.5 Å². The molecule has 1 N–H and O–H groups in total. The van der Waals surface area contributed by atoms with E-state index in [1.54, 1.807) is 6.07 Å². The Hall–Kier alpha value is -2.14. The summed E-state index contributed by atoms with van der Waals surface area (Å²) in [5.74, 6) is 1.22. The number of rotatable bonds is 4. The van der Waals surface area contributed by atoms with Crippen molar-refractivity contribution in [1.29, 1.82) is 0 Å². The maximum absolute atomic E-state index is 12.9. The number of hydrogen-bond acceptors (Lipinski definition) is 4. The number of hydrogen-bond donors (Lipinski definition) is 1. The van der Waals surface area contributed by atoms with Gasteiger partial charge in [0.05, 0.1) is 11.9 Å². The van der Waals surface area contributed by atoms with Crippen LogP contribution in [-0.2, 0) is 0 Å². The quantitative estimate of drug-likeness (QED) is 0.937. The molecule has 5 heteroatoms. The predicted molar refractivity (Wildman–Crippen MR) is 76.7 cm³/mol. The van der Waals surface area contributed by atoms with E-state index in [1.807, 2.05) is 25.1 Å². The highest BCUT2D eigenvalue weighted by Gasteiger charge is 2.17. The summed E-state index contributed by atoms with van der Waals surface area (Å²) in [5, 5.41) is 3.44. The molecule has 1 aromatic carbocycles. The van der Waals surface area contributed by atoms with Crippen LogP contribution in [0.25, 0.3) is 0 Å². The number of fused-ring (bicyclic) bond motifs is 1. The van der Waals surface area contributed by atoms with Gasteiger partial charge in [-0.1, -0.05) is 6.07 Å². The Bertz CT molecular complexity index is 631. The molecule has 1 aromatic heterocycles. The Morgan fingerprint density at radius 2 is 1.90 bits per heavy atom. The van der Waals surface area contributed by atoms with Crippen molar-refractivity contribution in [2.75, 3.05) is 6.79 Å². The number of aromatic nitrogens is 1. The van der Waals surface area contributed by atoms with E-state index < -0.39 is 0 Å². The van der Waals surface area contributed by atoms with Crippen LogP contribution in [0.4, 0.5) is 4.39 Å².